The zero-order valence-corrected chi connectivity index (χ0v) is 10.0. The summed E-state index contributed by atoms with van der Waals surface area (Å²) in [7, 11) is 0. The van der Waals surface area contributed by atoms with Crippen LogP contribution in [0.2, 0.25) is 0 Å². The standard InChI is InChI=1S/C14H19NO/c1-11-7-6-10-14(16)15(11)12(2)13-8-4-3-5-9-13/h3-5,8-9,11-12H,6-7,10H2,1-2H3/t11-,12+/m0/s1. The highest BCUT2D eigenvalue weighted by atomic mass is 16.2. The van der Waals surface area contributed by atoms with Crippen molar-refractivity contribution in [2.75, 3.05) is 0 Å². The molecule has 0 aliphatic carbocycles. The molecule has 0 unspecified atom stereocenters. The minimum atomic E-state index is 0.198. The van der Waals surface area contributed by atoms with Gasteiger partial charge in [-0.25, -0.2) is 0 Å². The minimum absolute atomic E-state index is 0.198. The maximum Gasteiger partial charge on any atom is 0.223 e. The van der Waals surface area contributed by atoms with Gasteiger partial charge in [0.05, 0.1) is 6.04 Å². The summed E-state index contributed by atoms with van der Waals surface area (Å²) in [5.41, 5.74) is 1.23. The van der Waals surface area contributed by atoms with Crippen molar-refractivity contribution >= 4 is 5.91 Å². The van der Waals surface area contributed by atoms with Gasteiger partial charge in [-0.1, -0.05) is 30.3 Å². The Morgan fingerprint density at radius 2 is 2.00 bits per heavy atom. The molecule has 1 aliphatic rings. The third kappa shape index (κ3) is 2.11. The van der Waals surface area contributed by atoms with Crippen LogP contribution >= 0.6 is 0 Å². The van der Waals surface area contributed by atoms with Crippen LogP contribution in [0.1, 0.15) is 44.7 Å². The SMILES string of the molecule is C[C@H](c1ccccc1)N1C(=O)CCC[C@@H]1C. The van der Waals surface area contributed by atoms with Gasteiger partial charge in [0, 0.05) is 12.5 Å². The van der Waals surface area contributed by atoms with Crippen LogP contribution in [-0.2, 0) is 4.79 Å². The van der Waals surface area contributed by atoms with E-state index in [1.54, 1.807) is 0 Å². The lowest BCUT2D eigenvalue weighted by molar-refractivity contribution is -0.138. The molecule has 1 fully saturated rings. The molecule has 2 heteroatoms. The largest absolute Gasteiger partial charge is 0.333 e. The molecule has 0 aromatic heterocycles. The van der Waals surface area contributed by atoms with E-state index in [1.807, 2.05) is 23.1 Å². The molecule has 1 amide bonds. The third-order valence-corrected chi connectivity index (χ3v) is 3.47. The Morgan fingerprint density at radius 3 is 2.62 bits per heavy atom. The van der Waals surface area contributed by atoms with E-state index >= 15 is 0 Å². The van der Waals surface area contributed by atoms with Crippen LogP contribution in [0.25, 0.3) is 0 Å². The van der Waals surface area contributed by atoms with E-state index in [9.17, 15) is 4.79 Å². The van der Waals surface area contributed by atoms with Gasteiger partial charge in [-0.2, -0.15) is 0 Å². The Bertz CT molecular complexity index is 360. The van der Waals surface area contributed by atoms with Crippen molar-refractivity contribution in [1.29, 1.82) is 0 Å². The lowest BCUT2D eigenvalue weighted by Crippen LogP contribution is -2.43. The lowest BCUT2D eigenvalue weighted by atomic mass is 9.98. The molecule has 1 aliphatic heterocycles. The van der Waals surface area contributed by atoms with Gasteiger partial charge in [-0.15, -0.1) is 0 Å². The number of piperidine rings is 1. The molecule has 0 radical (unpaired) electrons. The Morgan fingerprint density at radius 1 is 1.31 bits per heavy atom. The molecule has 1 aromatic rings. The van der Waals surface area contributed by atoms with E-state index in [4.69, 9.17) is 0 Å². The van der Waals surface area contributed by atoms with Crippen molar-refractivity contribution in [3.63, 3.8) is 0 Å². The molecule has 0 N–H and O–H groups in total. The highest BCUT2D eigenvalue weighted by molar-refractivity contribution is 5.77. The van der Waals surface area contributed by atoms with Gasteiger partial charge in [-0.3, -0.25) is 4.79 Å². The number of rotatable bonds is 2. The molecule has 0 saturated carbocycles. The van der Waals surface area contributed by atoms with E-state index in [-0.39, 0.29) is 6.04 Å². The van der Waals surface area contributed by atoms with Crippen LogP contribution in [0, 0.1) is 0 Å². The Hall–Kier alpha value is -1.31. The molecular weight excluding hydrogens is 198 g/mol. The second kappa shape index (κ2) is 4.69. The number of amides is 1. The van der Waals surface area contributed by atoms with Crippen LogP contribution in [0.3, 0.4) is 0 Å². The van der Waals surface area contributed by atoms with Crippen LogP contribution in [0.5, 0.6) is 0 Å². The molecule has 0 bridgehead atoms. The predicted octanol–water partition coefficient (Wildman–Crippen LogP) is 3.15. The summed E-state index contributed by atoms with van der Waals surface area (Å²) in [6.45, 7) is 4.27. The van der Waals surface area contributed by atoms with Crippen molar-refractivity contribution < 1.29 is 4.79 Å². The first-order chi connectivity index (χ1) is 7.70. The van der Waals surface area contributed by atoms with Crippen molar-refractivity contribution in [1.82, 2.24) is 4.90 Å². The number of hydrogen-bond donors (Lipinski definition) is 0. The van der Waals surface area contributed by atoms with Crippen LogP contribution in [0.15, 0.2) is 30.3 Å². The minimum Gasteiger partial charge on any atom is -0.333 e. The van der Waals surface area contributed by atoms with Gasteiger partial charge in [-0.05, 0) is 32.3 Å². The Kier molecular flexibility index (Phi) is 3.28. The zero-order valence-electron chi connectivity index (χ0n) is 10.0. The molecule has 86 valence electrons. The van der Waals surface area contributed by atoms with Crippen molar-refractivity contribution in [3.05, 3.63) is 35.9 Å². The van der Waals surface area contributed by atoms with E-state index in [1.165, 1.54) is 5.56 Å². The molecule has 16 heavy (non-hydrogen) atoms. The molecule has 2 nitrogen and oxygen atoms in total. The fourth-order valence-corrected chi connectivity index (χ4v) is 2.55. The molecule has 1 heterocycles. The highest BCUT2D eigenvalue weighted by Crippen LogP contribution is 2.28. The number of hydrogen-bond acceptors (Lipinski definition) is 1. The normalized spacial score (nSPS) is 23.2. The van der Waals surface area contributed by atoms with Crippen LogP contribution in [0.4, 0.5) is 0 Å². The predicted molar refractivity (Wildman–Crippen MR) is 65.0 cm³/mol. The second-order valence-corrected chi connectivity index (χ2v) is 4.63. The topological polar surface area (TPSA) is 20.3 Å². The first-order valence-corrected chi connectivity index (χ1v) is 6.06. The average Bonchev–Trinajstić information content (AvgIpc) is 2.30. The molecule has 1 aromatic carbocycles. The van der Waals surface area contributed by atoms with Crippen molar-refractivity contribution in [3.8, 4) is 0 Å². The number of carbonyl (C=O) groups excluding carboxylic acids is 1. The fourth-order valence-electron chi connectivity index (χ4n) is 2.55. The first-order valence-electron chi connectivity index (χ1n) is 6.06. The van der Waals surface area contributed by atoms with Gasteiger partial charge in [0.2, 0.25) is 5.91 Å². The zero-order chi connectivity index (χ0) is 11.5. The summed E-state index contributed by atoms with van der Waals surface area (Å²) in [4.78, 5) is 14.0. The maximum absolute atomic E-state index is 11.9. The van der Waals surface area contributed by atoms with Crippen LogP contribution in [-0.4, -0.2) is 16.8 Å². The van der Waals surface area contributed by atoms with Gasteiger partial charge >= 0.3 is 0 Å². The average molecular weight is 217 g/mol. The first kappa shape index (κ1) is 11.2. The van der Waals surface area contributed by atoms with Gasteiger partial charge in [0.15, 0.2) is 0 Å². The van der Waals surface area contributed by atoms with Gasteiger partial charge < -0.3 is 4.90 Å². The smallest absolute Gasteiger partial charge is 0.223 e. The Labute approximate surface area is 97.3 Å². The Balaban J connectivity index is 2.20. The number of carbonyl (C=O) groups is 1. The van der Waals surface area contributed by atoms with E-state index < -0.39 is 0 Å². The molecule has 1 saturated heterocycles. The summed E-state index contributed by atoms with van der Waals surface area (Å²) < 4.78 is 0. The monoisotopic (exact) mass is 217 g/mol. The van der Waals surface area contributed by atoms with Crippen molar-refractivity contribution in [2.24, 2.45) is 0 Å². The number of likely N-dealkylation sites (tertiary alicyclic amines) is 1. The highest BCUT2D eigenvalue weighted by Gasteiger charge is 2.29. The summed E-state index contributed by atoms with van der Waals surface area (Å²) in [6, 6.07) is 10.8. The van der Waals surface area contributed by atoms with Gasteiger partial charge in [0.25, 0.3) is 0 Å². The lowest BCUT2D eigenvalue weighted by Gasteiger charge is -2.38. The summed E-state index contributed by atoms with van der Waals surface area (Å²) in [5.74, 6) is 0.301. The second-order valence-electron chi connectivity index (χ2n) is 4.63. The van der Waals surface area contributed by atoms with Gasteiger partial charge in [0.1, 0.15) is 0 Å². The van der Waals surface area contributed by atoms with Crippen LogP contribution < -0.4 is 0 Å². The van der Waals surface area contributed by atoms with E-state index in [0.29, 0.717) is 18.4 Å². The van der Waals surface area contributed by atoms with E-state index in [0.717, 1.165) is 12.8 Å². The molecular formula is C14H19NO. The fraction of sp³-hybridized carbons (Fsp3) is 0.500. The maximum atomic E-state index is 11.9. The third-order valence-electron chi connectivity index (χ3n) is 3.47. The van der Waals surface area contributed by atoms with Crippen molar-refractivity contribution in [2.45, 2.75) is 45.2 Å². The summed E-state index contributed by atoms with van der Waals surface area (Å²) >= 11 is 0. The summed E-state index contributed by atoms with van der Waals surface area (Å²) in [5, 5.41) is 0. The molecule has 2 rings (SSSR count). The summed E-state index contributed by atoms with van der Waals surface area (Å²) in [6.07, 6.45) is 2.88. The molecule has 2 atom stereocenters. The number of nitrogens with zero attached hydrogens (tertiary/aromatic N) is 1. The van der Waals surface area contributed by atoms with E-state index in [2.05, 4.69) is 26.0 Å². The molecule has 0 spiro atoms. The quantitative estimate of drug-likeness (QED) is 0.745. The number of benzene rings is 1.